The second-order valence-corrected chi connectivity index (χ2v) is 11.6. The van der Waals surface area contributed by atoms with E-state index in [0.717, 1.165) is 17.9 Å². The van der Waals surface area contributed by atoms with E-state index in [1.165, 1.54) is 11.8 Å². The quantitative estimate of drug-likeness (QED) is 0.684. The molecule has 0 spiro atoms. The van der Waals surface area contributed by atoms with Gasteiger partial charge in [0.2, 0.25) is 15.9 Å². The molecule has 2 aliphatic rings. The normalized spacial score (nSPS) is 23.8. The van der Waals surface area contributed by atoms with Crippen molar-refractivity contribution in [1.82, 2.24) is 14.2 Å². The lowest BCUT2D eigenvalue weighted by atomic mass is 9.98. The molecule has 0 saturated carbocycles. The highest BCUT2D eigenvalue weighted by Crippen LogP contribution is 2.30. The molecular formula is C20H29N5O3S2. The fourth-order valence-electron chi connectivity index (χ4n) is 3.89. The van der Waals surface area contributed by atoms with Crippen molar-refractivity contribution in [2.45, 2.75) is 63.2 Å². The highest BCUT2D eigenvalue weighted by atomic mass is 32.3. The number of likely N-dealkylation sites (tertiary alicyclic amines) is 1. The van der Waals surface area contributed by atoms with E-state index in [-0.39, 0.29) is 18.4 Å². The lowest BCUT2D eigenvalue weighted by Gasteiger charge is -2.33. The maximum Gasteiger partial charge on any atom is 0.240 e. The maximum atomic E-state index is 13.2. The maximum absolute atomic E-state index is 13.2. The van der Waals surface area contributed by atoms with Gasteiger partial charge >= 0.3 is 0 Å². The molecule has 1 N–H and O–H groups in total. The van der Waals surface area contributed by atoms with Gasteiger partial charge in [-0.2, -0.15) is 5.26 Å². The molecule has 30 heavy (non-hydrogen) atoms. The van der Waals surface area contributed by atoms with Gasteiger partial charge in [-0.15, -0.1) is 0 Å². The lowest BCUT2D eigenvalue weighted by Crippen LogP contribution is -2.52. The number of aromatic nitrogens is 1. The summed E-state index contributed by atoms with van der Waals surface area (Å²) in [6.45, 7) is 7.39. The Balaban J connectivity index is 1.76. The number of hydrogen-bond acceptors (Lipinski definition) is 6. The molecule has 1 saturated heterocycles. The minimum Gasteiger partial charge on any atom is -0.341 e. The zero-order valence-electron chi connectivity index (χ0n) is 17.6. The van der Waals surface area contributed by atoms with E-state index in [4.69, 9.17) is 0 Å². The molecule has 0 aromatic carbocycles. The van der Waals surface area contributed by atoms with E-state index >= 15 is 0 Å². The van der Waals surface area contributed by atoms with E-state index in [1.54, 1.807) is 41.6 Å². The van der Waals surface area contributed by atoms with Gasteiger partial charge in [-0.1, -0.05) is 18.7 Å². The Morgan fingerprint density at radius 3 is 2.70 bits per heavy atom. The summed E-state index contributed by atoms with van der Waals surface area (Å²) < 4.78 is 29.9. The van der Waals surface area contributed by atoms with Crippen LogP contribution in [0.3, 0.4) is 0 Å². The molecule has 3 atom stereocenters. The van der Waals surface area contributed by atoms with Gasteiger partial charge in [0.1, 0.15) is 22.4 Å². The Morgan fingerprint density at radius 2 is 2.10 bits per heavy atom. The van der Waals surface area contributed by atoms with Crippen LogP contribution < -0.4 is 4.72 Å². The monoisotopic (exact) mass is 451 g/mol. The van der Waals surface area contributed by atoms with Crippen LogP contribution in [0.1, 0.15) is 45.7 Å². The van der Waals surface area contributed by atoms with Crippen LogP contribution in [0.4, 0.5) is 0 Å². The van der Waals surface area contributed by atoms with Crippen molar-refractivity contribution in [3.8, 4) is 6.07 Å². The van der Waals surface area contributed by atoms with E-state index < -0.39 is 20.6 Å². The van der Waals surface area contributed by atoms with Crippen molar-refractivity contribution < 1.29 is 13.2 Å². The number of amides is 1. The molecule has 1 aromatic heterocycles. The van der Waals surface area contributed by atoms with Crippen LogP contribution in [0, 0.1) is 17.2 Å². The molecular weight excluding hydrogens is 422 g/mol. The van der Waals surface area contributed by atoms with Gasteiger partial charge < -0.3 is 9.47 Å². The molecule has 3 rings (SSSR count). The molecule has 3 heterocycles. The number of carbonyl (C=O) groups excluding carboxylic acids is 1. The van der Waals surface area contributed by atoms with Crippen molar-refractivity contribution in [2.24, 2.45) is 10.9 Å². The molecule has 1 aromatic rings. The number of thioether (sulfide) groups is 1. The highest BCUT2D eigenvalue weighted by molar-refractivity contribution is 8.22. The fourth-order valence-corrected chi connectivity index (χ4v) is 7.13. The first kappa shape index (κ1) is 22.8. The summed E-state index contributed by atoms with van der Waals surface area (Å²) in [5, 5.41) is 9.95. The van der Waals surface area contributed by atoms with Crippen molar-refractivity contribution >= 4 is 32.7 Å². The summed E-state index contributed by atoms with van der Waals surface area (Å²) in [5.41, 5.74) is 0.486. The van der Waals surface area contributed by atoms with Crippen LogP contribution in [0.5, 0.6) is 0 Å². The van der Waals surface area contributed by atoms with E-state index in [1.807, 2.05) is 0 Å². The summed E-state index contributed by atoms with van der Waals surface area (Å²) in [4.78, 5) is 19.3. The van der Waals surface area contributed by atoms with Gasteiger partial charge in [0.25, 0.3) is 0 Å². The number of nitrogens with one attached hydrogen (secondary N) is 1. The second-order valence-electron chi connectivity index (χ2n) is 8.09. The first-order valence-electron chi connectivity index (χ1n) is 10.3. The number of aliphatic imine (C=N–C) groups is 1. The molecule has 10 heteroatoms. The Labute approximate surface area is 182 Å². The Kier molecular flexibility index (Phi) is 7.26. The number of carbonyl (C=O) groups is 1. The Hall–Kier alpha value is -1.83. The van der Waals surface area contributed by atoms with E-state index in [2.05, 4.69) is 22.7 Å². The fraction of sp³-hybridized carbons (Fsp3) is 0.650. The number of piperidine rings is 1. The third-order valence-corrected chi connectivity index (χ3v) is 9.41. The number of nitriles is 1. The molecule has 3 unspecified atom stereocenters. The van der Waals surface area contributed by atoms with Gasteiger partial charge in [0, 0.05) is 25.8 Å². The van der Waals surface area contributed by atoms with Gasteiger partial charge in [0.15, 0.2) is 0 Å². The smallest absolute Gasteiger partial charge is 0.240 e. The second kappa shape index (κ2) is 9.54. The number of nitrogens with zero attached hydrogens (tertiary/aromatic N) is 4. The number of hydrogen-bond donors (Lipinski definition) is 1. The summed E-state index contributed by atoms with van der Waals surface area (Å²) >= 11 is 1.22. The first-order valence-corrected chi connectivity index (χ1v) is 12.7. The molecule has 0 aliphatic carbocycles. The summed E-state index contributed by atoms with van der Waals surface area (Å²) in [5.74, 6) is 0.377. The van der Waals surface area contributed by atoms with E-state index in [9.17, 15) is 18.5 Å². The predicted molar refractivity (Wildman–Crippen MR) is 119 cm³/mol. The zero-order valence-corrected chi connectivity index (χ0v) is 19.2. The molecule has 8 nitrogen and oxygen atoms in total. The summed E-state index contributed by atoms with van der Waals surface area (Å²) in [7, 11) is -3.77. The van der Waals surface area contributed by atoms with Gasteiger partial charge in [-0.05, 0) is 51.2 Å². The summed E-state index contributed by atoms with van der Waals surface area (Å²) in [6.07, 6.45) is 3.89. The van der Waals surface area contributed by atoms with Crippen LogP contribution in [0.25, 0.3) is 0 Å². The van der Waals surface area contributed by atoms with Crippen LogP contribution in [0.2, 0.25) is 0 Å². The Bertz CT molecular complexity index is 942. The molecule has 0 radical (unpaired) electrons. The predicted octanol–water partition coefficient (Wildman–Crippen LogP) is 2.18. The molecule has 0 bridgehead atoms. The van der Waals surface area contributed by atoms with Gasteiger partial charge in [0.05, 0.1) is 11.1 Å². The third-order valence-electron chi connectivity index (χ3n) is 5.67. The molecule has 1 amide bonds. The average Bonchev–Trinajstić information content (AvgIpc) is 3.30. The minimum absolute atomic E-state index is 0.190. The van der Waals surface area contributed by atoms with Crippen LogP contribution in [0.15, 0.2) is 23.3 Å². The third kappa shape index (κ3) is 5.25. The van der Waals surface area contributed by atoms with Crippen molar-refractivity contribution in [3.05, 3.63) is 24.0 Å². The topological polar surface area (TPSA) is 108 Å². The van der Waals surface area contributed by atoms with Crippen LogP contribution in [-0.4, -0.2) is 58.6 Å². The largest absolute Gasteiger partial charge is 0.341 e. The van der Waals surface area contributed by atoms with Crippen LogP contribution >= 0.6 is 11.8 Å². The number of rotatable bonds is 7. The first-order chi connectivity index (χ1) is 14.2. The van der Waals surface area contributed by atoms with Crippen molar-refractivity contribution in [1.29, 1.82) is 5.26 Å². The molecule has 1 fully saturated rings. The number of aryl methyl sites for hydroxylation is 1. The van der Waals surface area contributed by atoms with E-state index in [0.29, 0.717) is 31.2 Å². The minimum atomic E-state index is -3.77. The summed E-state index contributed by atoms with van der Waals surface area (Å²) in [6, 6.07) is 4.34. The standard InChI is InChI=1S/C20H29N5O3S2/c1-14-6-10-25(11-7-14)19(26)18(8-12-24-9-4-5-17(24)13-21)23-30(27,28)20-15(2)22-16(3)29-20/h4-5,9,14-15,18,20,23H,6-8,10-12H2,1-3H3. The SMILES string of the molecule is CC1=NC(C)C(S(=O)(=O)NC(CCn2cccc2C#N)C(=O)N2CCC(C)CC2)S1. The van der Waals surface area contributed by atoms with Crippen LogP contribution in [-0.2, 0) is 21.4 Å². The van der Waals surface area contributed by atoms with Gasteiger partial charge in [-0.25, -0.2) is 13.1 Å². The Morgan fingerprint density at radius 1 is 1.40 bits per heavy atom. The van der Waals surface area contributed by atoms with Gasteiger partial charge in [-0.3, -0.25) is 9.79 Å². The average molecular weight is 452 g/mol. The van der Waals surface area contributed by atoms with Crippen molar-refractivity contribution in [3.63, 3.8) is 0 Å². The number of sulfonamides is 1. The molecule has 164 valence electrons. The highest BCUT2D eigenvalue weighted by Gasteiger charge is 2.39. The zero-order chi connectivity index (χ0) is 21.9. The lowest BCUT2D eigenvalue weighted by molar-refractivity contribution is -0.134. The molecule has 2 aliphatic heterocycles. The van der Waals surface area contributed by atoms with Crippen molar-refractivity contribution in [2.75, 3.05) is 13.1 Å².